The zero-order valence-corrected chi connectivity index (χ0v) is 10.7. The average Bonchev–Trinajstić information content (AvgIpc) is 3.11. The van der Waals surface area contributed by atoms with Gasteiger partial charge in [-0.05, 0) is 37.5 Å². The SMILES string of the molecule is CC1CCCCC1OCC(N)(C(N)=O)C1CC1. The minimum atomic E-state index is -0.933. The van der Waals surface area contributed by atoms with Crippen LogP contribution < -0.4 is 11.5 Å². The summed E-state index contributed by atoms with van der Waals surface area (Å²) in [5.41, 5.74) is 10.6. The van der Waals surface area contributed by atoms with Crippen LogP contribution in [0.3, 0.4) is 0 Å². The lowest BCUT2D eigenvalue weighted by Gasteiger charge is -2.33. The molecule has 4 N–H and O–H groups in total. The first-order valence-corrected chi connectivity index (χ1v) is 6.74. The Labute approximate surface area is 103 Å². The number of rotatable bonds is 5. The van der Waals surface area contributed by atoms with Gasteiger partial charge in [0.25, 0.3) is 0 Å². The normalized spacial score (nSPS) is 33.1. The van der Waals surface area contributed by atoms with Crippen LogP contribution in [0.1, 0.15) is 45.4 Å². The molecule has 0 aromatic carbocycles. The number of amides is 1. The van der Waals surface area contributed by atoms with E-state index in [1.54, 1.807) is 0 Å². The Morgan fingerprint density at radius 2 is 1.94 bits per heavy atom. The predicted molar refractivity (Wildman–Crippen MR) is 66.2 cm³/mol. The van der Waals surface area contributed by atoms with E-state index >= 15 is 0 Å². The Hall–Kier alpha value is -0.610. The van der Waals surface area contributed by atoms with Crippen LogP contribution in [0.25, 0.3) is 0 Å². The molecule has 0 aromatic rings. The van der Waals surface area contributed by atoms with Gasteiger partial charge in [0.2, 0.25) is 5.91 Å². The molecule has 0 saturated heterocycles. The smallest absolute Gasteiger partial charge is 0.240 e. The van der Waals surface area contributed by atoms with Crippen LogP contribution in [0.2, 0.25) is 0 Å². The maximum Gasteiger partial charge on any atom is 0.240 e. The maximum atomic E-state index is 11.5. The van der Waals surface area contributed by atoms with Crippen molar-refractivity contribution >= 4 is 5.91 Å². The Bertz CT molecular complexity index is 291. The molecule has 0 spiro atoms. The number of primary amides is 1. The van der Waals surface area contributed by atoms with Gasteiger partial charge in [-0.1, -0.05) is 19.8 Å². The Kier molecular flexibility index (Phi) is 3.73. The molecule has 0 heterocycles. The number of carbonyl (C=O) groups excluding carboxylic acids is 1. The minimum absolute atomic E-state index is 0.235. The highest BCUT2D eigenvalue weighted by Crippen LogP contribution is 2.39. The number of ether oxygens (including phenoxy) is 1. The topological polar surface area (TPSA) is 78.3 Å². The summed E-state index contributed by atoms with van der Waals surface area (Å²) >= 11 is 0. The van der Waals surface area contributed by atoms with Gasteiger partial charge in [0.15, 0.2) is 0 Å². The highest BCUT2D eigenvalue weighted by molar-refractivity contribution is 5.85. The first kappa shape index (κ1) is 12.8. The van der Waals surface area contributed by atoms with Crippen molar-refractivity contribution in [1.82, 2.24) is 0 Å². The van der Waals surface area contributed by atoms with Gasteiger partial charge in [0, 0.05) is 0 Å². The number of carbonyl (C=O) groups is 1. The van der Waals surface area contributed by atoms with Gasteiger partial charge in [-0.15, -0.1) is 0 Å². The molecule has 3 atom stereocenters. The maximum absolute atomic E-state index is 11.5. The molecule has 0 aromatic heterocycles. The lowest BCUT2D eigenvalue weighted by atomic mass is 9.87. The van der Waals surface area contributed by atoms with Crippen molar-refractivity contribution in [3.63, 3.8) is 0 Å². The minimum Gasteiger partial charge on any atom is -0.375 e. The summed E-state index contributed by atoms with van der Waals surface area (Å²) in [7, 11) is 0. The van der Waals surface area contributed by atoms with E-state index in [4.69, 9.17) is 16.2 Å². The molecule has 2 rings (SSSR count). The summed E-state index contributed by atoms with van der Waals surface area (Å²) in [5.74, 6) is 0.391. The summed E-state index contributed by atoms with van der Waals surface area (Å²) in [6.07, 6.45) is 7.05. The van der Waals surface area contributed by atoms with Gasteiger partial charge in [-0.2, -0.15) is 0 Å². The zero-order valence-electron chi connectivity index (χ0n) is 10.7. The Balaban J connectivity index is 1.88. The Morgan fingerprint density at radius 1 is 1.29 bits per heavy atom. The van der Waals surface area contributed by atoms with E-state index in [1.807, 2.05) is 0 Å². The molecule has 2 fully saturated rings. The quantitative estimate of drug-likeness (QED) is 0.757. The van der Waals surface area contributed by atoms with Gasteiger partial charge in [0.05, 0.1) is 12.7 Å². The predicted octanol–water partition coefficient (Wildman–Crippen LogP) is 1.17. The van der Waals surface area contributed by atoms with E-state index in [0.717, 1.165) is 19.3 Å². The third-order valence-electron chi connectivity index (χ3n) is 4.33. The van der Waals surface area contributed by atoms with Crippen LogP contribution in [0.15, 0.2) is 0 Å². The number of nitrogens with two attached hydrogens (primary N) is 2. The van der Waals surface area contributed by atoms with Gasteiger partial charge in [0.1, 0.15) is 5.54 Å². The largest absolute Gasteiger partial charge is 0.375 e. The molecule has 0 bridgehead atoms. The van der Waals surface area contributed by atoms with Crippen molar-refractivity contribution in [3.05, 3.63) is 0 Å². The fraction of sp³-hybridized carbons (Fsp3) is 0.923. The van der Waals surface area contributed by atoms with Crippen LogP contribution in [-0.2, 0) is 9.53 Å². The number of hydrogen-bond donors (Lipinski definition) is 2. The summed E-state index contributed by atoms with van der Waals surface area (Å²) in [5, 5.41) is 0. The fourth-order valence-electron chi connectivity index (χ4n) is 2.76. The van der Waals surface area contributed by atoms with Crippen LogP contribution >= 0.6 is 0 Å². The van der Waals surface area contributed by atoms with Crippen LogP contribution in [0, 0.1) is 11.8 Å². The third kappa shape index (κ3) is 2.80. The lowest BCUT2D eigenvalue weighted by Crippen LogP contribution is -2.58. The second-order valence-electron chi connectivity index (χ2n) is 5.79. The van der Waals surface area contributed by atoms with Crippen molar-refractivity contribution in [2.45, 2.75) is 57.1 Å². The molecule has 0 radical (unpaired) electrons. The summed E-state index contributed by atoms with van der Waals surface area (Å²) < 4.78 is 5.90. The highest BCUT2D eigenvalue weighted by Gasteiger charge is 2.47. The van der Waals surface area contributed by atoms with E-state index in [-0.39, 0.29) is 12.0 Å². The molecule has 17 heavy (non-hydrogen) atoms. The molecule has 4 nitrogen and oxygen atoms in total. The van der Waals surface area contributed by atoms with Gasteiger partial charge < -0.3 is 16.2 Å². The van der Waals surface area contributed by atoms with E-state index in [0.29, 0.717) is 12.5 Å². The molecule has 2 saturated carbocycles. The van der Waals surface area contributed by atoms with Crippen molar-refractivity contribution in [3.8, 4) is 0 Å². The molecule has 2 aliphatic rings. The molecule has 98 valence electrons. The fourth-order valence-corrected chi connectivity index (χ4v) is 2.76. The van der Waals surface area contributed by atoms with Gasteiger partial charge in [-0.3, -0.25) is 4.79 Å². The molecule has 1 amide bonds. The zero-order chi connectivity index (χ0) is 12.5. The molecule has 0 aliphatic heterocycles. The molecule has 2 aliphatic carbocycles. The van der Waals surface area contributed by atoms with E-state index < -0.39 is 11.4 Å². The first-order chi connectivity index (χ1) is 8.04. The van der Waals surface area contributed by atoms with E-state index in [1.165, 1.54) is 19.3 Å². The van der Waals surface area contributed by atoms with Crippen molar-refractivity contribution in [2.24, 2.45) is 23.3 Å². The van der Waals surface area contributed by atoms with Crippen molar-refractivity contribution in [1.29, 1.82) is 0 Å². The molecular formula is C13H24N2O2. The van der Waals surface area contributed by atoms with Crippen molar-refractivity contribution in [2.75, 3.05) is 6.61 Å². The van der Waals surface area contributed by atoms with Crippen LogP contribution in [0.4, 0.5) is 0 Å². The monoisotopic (exact) mass is 240 g/mol. The lowest BCUT2D eigenvalue weighted by molar-refractivity contribution is -0.128. The van der Waals surface area contributed by atoms with Crippen molar-refractivity contribution < 1.29 is 9.53 Å². The summed E-state index contributed by atoms with van der Waals surface area (Å²) in [4.78, 5) is 11.5. The number of hydrogen-bond acceptors (Lipinski definition) is 3. The van der Waals surface area contributed by atoms with E-state index in [9.17, 15) is 4.79 Å². The highest BCUT2D eigenvalue weighted by atomic mass is 16.5. The standard InChI is InChI=1S/C13H24N2O2/c1-9-4-2-3-5-11(9)17-8-13(15,12(14)16)10-6-7-10/h9-11H,2-8,15H2,1H3,(H2,14,16). The van der Waals surface area contributed by atoms with Crippen LogP contribution in [0.5, 0.6) is 0 Å². The van der Waals surface area contributed by atoms with Gasteiger partial charge >= 0.3 is 0 Å². The second-order valence-corrected chi connectivity index (χ2v) is 5.79. The Morgan fingerprint density at radius 3 is 2.47 bits per heavy atom. The van der Waals surface area contributed by atoms with E-state index in [2.05, 4.69) is 6.92 Å². The molecule has 4 heteroatoms. The molecular weight excluding hydrogens is 216 g/mol. The molecule has 3 unspecified atom stereocenters. The first-order valence-electron chi connectivity index (χ1n) is 6.74. The summed E-state index contributed by atoms with van der Waals surface area (Å²) in [6, 6.07) is 0. The third-order valence-corrected chi connectivity index (χ3v) is 4.33. The average molecular weight is 240 g/mol. The summed E-state index contributed by atoms with van der Waals surface area (Å²) in [6.45, 7) is 2.51. The van der Waals surface area contributed by atoms with Gasteiger partial charge in [-0.25, -0.2) is 0 Å². The van der Waals surface area contributed by atoms with Crippen LogP contribution in [-0.4, -0.2) is 24.2 Å². The second kappa shape index (κ2) is 4.94.